The fourth-order valence-electron chi connectivity index (χ4n) is 2.14. The molecule has 112 valence electrons. The molecule has 7 nitrogen and oxygen atoms in total. The fourth-order valence-corrected chi connectivity index (χ4v) is 2.14. The molecule has 0 amide bonds. The zero-order chi connectivity index (χ0) is 16.3. The molecule has 2 rings (SSSR count). The number of ether oxygens (including phenoxy) is 1. The second-order valence-corrected chi connectivity index (χ2v) is 4.54. The first-order valence-corrected chi connectivity index (χ1v) is 6.50. The molecule has 0 N–H and O–H groups in total. The first kappa shape index (κ1) is 15.3. The average Bonchev–Trinajstić information content (AvgIpc) is 2.80. The number of fused-ring (bicyclic) bond motifs is 1. The highest BCUT2D eigenvalue weighted by atomic mass is 16.6. The van der Waals surface area contributed by atoms with Crippen LogP contribution in [0.5, 0.6) is 0 Å². The molecule has 0 atom stereocenters. The van der Waals surface area contributed by atoms with Crippen molar-refractivity contribution in [3.63, 3.8) is 0 Å². The van der Waals surface area contributed by atoms with Crippen LogP contribution in [0.1, 0.15) is 12.5 Å². The molecule has 0 fully saturated rings. The van der Waals surface area contributed by atoms with Crippen molar-refractivity contribution >= 4 is 28.6 Å². The minimum Gasteiger partial charge on any atom is -0.462 e. The molecule has 0 aliphatic heterocycles. The quantitative estimate of drug-likeness (QED) is 0.284. The van der Waals surface area contributed by atoms with Gasteiger partial charge in [0.1, 0.15) is 11.6 Å². The number of nitro groups is 1. The summed E-state index contributed by atoms with van der Waals surface area (Å²) in [6.07, 6.45) is 3.08. The van der Waals surface area contributed by atoms with Gasteiger partial charge in [-0.2, -0.15) is 5.26 Å². The summed E-state index contributed by atoms with van der Waals surface area (Å²) in [5.74, 6) is -0.715. The highest BCUT2D eigenvalue weighted by molar-refractivity contribution is 6.01. The summed E-state index contributed by atoms with van der Waals surface area (Å²) in [6.45, 7) is 1.81. The van der Waals surface area contributed by atoms with E-state index in [0.29, 0.717) is 10.9 Å². The monoisotopic (exact) mass is 299 g/mol. The van der Waals surface area contributed by atoms with E-state index >= 15 is 0 Å². The van der Waals surface area contributed by atoms with E-state index in [9.17, 15) is 14.9 Å². The van der Waals surface area contributed by atoms with Crippen LogP contribution < -0.4 is 0 Å². The van der Waals surface area contributed by atoms with Gasteiger partial charge in [-0.15, -0.1) is 0 Å². The number of hydrogen-bond donors (Lipinski definition) is 0. The van der Waals surface area contributed by atoms with Crippen molar-refractivity contribution in [1.82, 2.24) is 4.57 Å². The second-order valence-electron chi connectivity index (χ2n) is 4.54. The molecule has 0 aliphatic carbocycles. The smallest absolute Gasteiger partial charge is 0.348 e. The Morgan fingerprint density at radius 3 is 2.86 bits per heavy atom. The molecule has 2 aromatic rings. The van der Waals surface area contributed by atoms with Crippen molar-refractivity contribution in [2.75, 3.05) is 6.61 Å². The summed E-state index contributed by atoms with van der Waals surface area (Å²) in [4.78, 5) is 22.1. The molecule has 7 heteroatoms. The lowest BCUT2D eigenvalue weighted by Crippen LogP contribution is -2.05. The van der Waals surface area contributed by atoms with E-state index in [0.717, 1.165) is 5.52 Å². The number of hydrogen-bond acceptors (Lipinski definition) is 5. The number of nitro benzene ring substituents is 1. The summed E-state index contributed by atoms with van der Waals surface area (Å²) in [5, 5.41) is 20.6. The lowest BCUT2D eigenvalue weighted by molar-refractivity contribution is -0.384. The van der Waals surface area contributed by atoms with Gasteiger partial charge in [-0.1, -0.05) is 0 Å². The van der Waals surface area contributed by atoms with Gasteiger partial charge in [-0.05, 0) is 19.1 Å². The summed E-state index contributed by atoms with van der Waals surface area (Å²) < 4.78 is 6.57. The van der Waals surface area contributed by atoms with Gasteiger partial charge >= 0.3 is 5.97 Å². The first-order valence-electron chi connectivity index (χ1n) is 6.50. The summed E-state index contributed by atoms with van der Waals surface area (Å²) in [5.41, 5.74) is 1.10. The largest absolute Gasteiger partial charge is 0.462 e. The van der Waals surface area contributed by atoms with Crippen LogP contribution in [0, 0.1) is 21.4 Å². The third-order valence-electron chi connectivity index (χ3n) is 3.13. The number of rotatable bonds is 4. The van der Waals surface area contributed by atoms with Gasteiger partial charge in [0.05, 0.1) is 11.5 Å². The van der Waals surface area contributed by atoms with E-state index < -0.39 is 10.9 Å². The molecule has 0 aliphatic rings. The van der Waals surface area contributed by atoms with Crippen molar-refractivity contribution in [3.05, 3.63) is 45.6 Å². The first-order chi connectivity index (χ1) is 10.5. The third kappa shape index (κ3) is 2.81. The number of nitrogens with zero attached hydrogens (tertiary/aromatic N) is 3. The molecule has 0 bridgehead atoms. The number of aromatic nitrogens is 1. The zero-order valence-corrected chi connectivity index (χ0v) is 12.1. The van der Waals surface area contributed by atoms with Crippen LogP contribution in [0.3, 0.4) is 0 Å². The topological polar surface area (TPSA) is 98.2 Å². The average molecular weight is 299 g/mol. The van der Waals surface area contributed by atoms with Gasteiger partial charge in [0, 0.05) is 41.8 Å². The number of esters is 1. The van der Waals surface area contributed by atoms with Crippen LogP contribution in [0.4, 0.5) is 5.69 Å². The highest BCUT2D eigenvalue weighted by Crippen LogP contribution is 2.27. The maximum Gasteiger partial charge on any atom is 0.348 e. The van der Waals surface area contributed by atoms with Gasteiger partial charge in [0.15, 0.2) is 0 Å². The molecule has 22 heavy (non-hydrogen) atoms. The van der Waals surface area contributed by atoms with Crippen LogP contribution in [-0.4, -0.2) is 22.1 Å². The maximum atomic E-state index is 11.7. The maximum absolute atomic E-state index is 11.7. The normalized spacial score (nSPS) is 11.2. The van der Waals surface area contributed by atoms with E-state index in [1.807, 2.05) is 0 Å². The van der Waals surface area contributed by atoms with Gasteiger partial charge in [-0.25, -0.2) is 4.79 Å². The molecule has 0 radical (unpaired) electrons. The van der Waals surface area contributed by atoms with Gasteiger partial charge in [0.2, 0.25) is 0 Å². The molecule has 1 aromatic carbocycles. The van der Waals surface area contributed by atoms with Crippen LogP contribution in [0.2, 0.25) is 0 Å². The second kappa shape index (κ2) is 6.10. The Bertz CT molecular complexity index is 827. The predicted molar refractivity (Wildman–Crippen MR) is 79.8 cm³/mol. The number of aryl methyl sites for hydroxylation is 1. The van der Waals surface area contributed by atoms with Crippen LogP contribution in [0.15, 0.2) is 30.0 Å². The molecule has 0 saturated heterocycles. The van der Waals surface area contributed by atoms with Crippen molar-refractivity contribution in [2.45, 2.75) is 6.92 Å². The highest BCUT2D eigenvalue weighted by Gasteiger charge is 2.14. The van der Waals surface area contributed by atoms with E-state index in [4.69, 9.17) is 10.00 Å². The van der Waals surface area contributed by atoms with Crippen molar-refractivity contribution < 1.29 is 14.5 Å². The van der Waals surface area contributed by atoms with Crippen LogP contribution in [-0.2, 0) is 16.6 Å². The zero-order valence-electron chi connectivity index (χ0n) is 12.1. The Balaban J connectivity index is 2.60. The minimum absolute atomic E-state index is 0.0528. The Morgan fingerprint density at radius 2 is 2.27 bits per heavy atom. The lowest BCUT2D eigenvalue weighted by Gasteiger charge is -1.99. The van der Waals surface area contributed by atoms with E-state index in [-0.39, 0.29) is 17.9 Å². The SMILES string of the molecule is CCOC(=O)/C(C#N)=C/c1cn(C)c2ccc([N+](=O)[O-])cc12. The Kier molecular flexibility index (Phi) is 4.23. The molecule has 0 saturated carbocycles. The third-order valence-corrected chi connectivity index (χ3v) is 3.13. The van der Waals surface area contributed by atoms with E-state index in [1.165, 1.54) is 18.2 Å². The summed E-state index contributed by atoms with van der Waals surface area (Å²) in [7, 11) is 1.78. The van der Waals surface area contributed by atoms with Gasteiger partial charge in [-0.3, -0.25) is 10.1 Å². The van der Waals surface area contributed by atoms with Crippen LogP contribution >= 0.6 is 0 Å². The van der Waals surface area contributed by atoms with Gasteiger partial charge < -0.3 is 9.30 Å². The van der Waals surface area contributed by atoms with Crippen molar-refractivity contribution in [3.8, 4) is 6.07 Å². The van der Waals surface area contributed by atoms with E-state index in [2.05, 4.69) is 0 Å². The predicted octanol–water partition coefficient (Wildman–Crippen LogP) is 2.56. The molecular formula is C15H13N3O4. The standard InChI is InChI=1S/C15H13N3O4/c1-3-22-15(19)10(8-16)6-11-9-17(2)14-5-4-12(18(20)21)7-13(11)14/h4-7,9H,3H2,1-2H3/b10-6+. The van der Waals surface area contributed by atoms with E-state index in [1.54, 1.807) is 36.9 Å². The Labute approximate surface area is 126 Å². The molecule has 1 heterocycles. The Hall–Kier alpha value is -3.14. The summed E-state index contributed by atoms with van der Waals surface area (Å²) >= 11 is 0. The number of carbonyl (C=O) groups excluding carboxylic acids is 1. The Morgan fingerprint density at radius 1 is 1.55 bits per heavy atom. The van der Waals surface area contributed by atoms with Gasteiger partial charge in [0.25, 0.3) is 5.69 Å². The van der Waals surface area contributed by atoms with Crippen molar-refractivity contribution in [1.29, 1.82) is 5.26 Å². The fraction of sp³-hybridized carbons (Fsp3) is 0.200. The molecule has 0 unspecified atom stereocenters. The number of nitriles is 1. The number of non-ortho nitro benzene ring substituents is 1. The molecule has 0 spiro atoms. The lowest BCUT2D eigenvalue weighted by atomic mass is 10.1. The van der Waals surface area contributed by atoms with Crippen LogP contribution in [0.25, 0.3) is 17.0 Å². The molecular weight excluding hydrogens is 286 g/mol. The number of benzene rings is 1. The van der Waals surface area contributed by atoms with Crippen molar-refractivity contribution in [2.24, 2.45) is 7.05 Å². The molecule has 1 aromatic heterocycles. The summed E-state index contributed by atoms with van der Waals surface area (Å²) in [6, 6.07) is 6.24. The number of carbonyl (C=O) groups is 1. The minimum atomic E-state index is -0.715.